The van der Waals surface area contributed by atoms with Crippen molar-refractivity contribution in [2.24, 2.45) is 5.92 Å². The van der Waals surface area contributed by atoms with E-state index in [0.29, 0.717) is 30.8 Å². The highest BCUT2D eigenvalue weighted by Crippen LogP contribution is 2.39. The fourth-order valence-corrected chi connectivity index (χ4v) is 5.15. The molecule has 3 atom stereocenters. The molecule has 1 saturated heterocycles. The molecule has 0 radical (unpaired) electrons. The third kappa shape index (κ3) is 3.31. The molecule has 2 amide bonds. The van der Waals surface area contributed by atoms with Gasteiger partial charge in [0.25, 0.3) is 0 Å². The van der Waals surface area contributed by atoms with Crippen LogP contribution in [0.5, 0.6) is 0 Å². The number of anilines is 1. The maximum atomic E-state index is 12.8. The van der Waals surface area contributed by atoms with E-state index in [9.17, 15) is 9.59 Å². The fraction of sp³-hybridized carbons (Fsp3) is 0.619. The van der Waals surface area contributed by atoms with Gasteiger partial charge in [0, 0.05) is 24.2 Å². The van der Waals surface area contributed by atoms with Crippen LogP contribution in [0.2, 0.25) is 0 Å². The summed E-state index contributed by atoms with van der Waals surface area (Å²) in [7, 11) is 0. The molecule has 25 heavy (non-hydrogen) atoms. The molecule has 2 aliphatic heterocycles. The van der Waals surface area contributed by atoms with E-state index in [1.165, 1.54) is 37.7 Å². The normalized spacial score (nSPS) is 27.8. The zero-order valence-corrected chi connectivity index (χ0v) is 15.1. The number of rotatable bonds is 4. The Morgan fingerprint density at radius 3 is 3.00 bits per heavy atom. The smallest absolute Gasteiger partial charge is 0.228 e. The highest BCUT2D eigenvalue weighted by atomic mass is 16.2. The Kier molecular flexibility index (Phi) is 4.53. The van der Waals surface area contributed by atoms with Crippen molar-refractivity contribution in [1.82, 2.24) is 4.90 Å². The van der Waals surface area contributed by atoms with Crippen LogP contribution in [-0.4, -0.2) is 28.8 Å². The number of hydrogen-bond acceptors (Lipinski definition) is 2. The Bertz CT molecular complexity index is 684. The van der Waals surface area contributed by atoms with Crippen LogP contribution in [0, 0.1) is 5.92 Å². The lowest BCUT2D eigenvalue weighted by Gasteiger charge is -2.33. The Morgan fingerprint density at radius 2 is 2.12 bits per heavy atom. The largest absolute Gasteiger partial charge is 0.337 e. The first-order valence-corrected chi connectivity index (χ1v) is 9.84. The lowest BCUT2D eigenvalue weighted by Crippen LogP contribution is -2.42. The van der Waals surface area contributed by atoms with Gasteiger partial charge < -0.3 is 10.2 Å². The summed E-state index contributed by atoms with van der Waals surface area (Å²) >= 11 is 0. The Hall–Kier alpha value is -1.84. The summed E-state index contributed by atoms with van der Waals surface area (Å²) in [4.78, 5) is 26.5. The number of amides is 2. The average Bonchev–Trinajstić information content (AvgIpc) is 3.12. The number of carbonyl (C=O) groups is 2. The predicted molar refractivity (Wildman–Crippen MR) is 98.4 cm³/mol. The standard InChI is InChI=1S/C21H28N2O2/c1-14-11-16-6-2-3-7-19(16)23(14)21(25)8-4-5-15-9-10-18-17(12-15)13-20(24)22-18/h9-10,12,14,16,19H,2-8,11,13H2,1H3,(H,22,24). The van der Waals surface area contributed by atoms with E-state index in [-0.39, 0.29) is 5.91 Å². The first-order valence-electron chi connectivity index (χ1n) is 9.84. The number of carbonyl (C=O) groups excluding carboxylic acids is 2. The van der Waals surface area contributed by atoms with Crippen molar-refractivity contribution in [3.63, 3.8) is 0 Å². The van der Waals surface area contributed by atoms with Crippen LogP contribution in [-0.2, 0) is 22.4 Å². The Balaban J connectivity index is 1.32. The van der Waals surface area contributed by atoms with Gasteiger partial charge >= 0.3 is 0 Å². The lowest BCUT2D eigenvalue weighted by atomic mass is 9.85. The van der Waals surface area contributed by atoms with Crippen LogP contribution in [0.25, 0.3) is 0 Å². The highest BCUT2D eigenvalue weighted by Gasteiger charge is 2.41. The number of hydrogen-bond donors (Lipinski definition) is 1. The van der Waals surface area contributed by atoms with Crippen molar-refractivity contribution >= 4 is 17.5 Å². The molecule has 1 aliphatic carbocycles. The van der Waals surface area contributed by atoms with Crippen LogP contribution in [0.4, 0.5) is 5.69 Å². The van der Waals surface area contributed by atoms with E-state index in [1.54, 1.807) is 0 Å². The molecule has 0 bridgehead atoms. The number of fused-ring (bicyclic) bond motifs is 2. The van der Waals surface area contributed by atoms with E-state index in [1.807, 2.05) is 6.07 Å². The van der Waals surface area contributed by atoms with Crippen LogP contribution < -0.4 is 5.32 Å². The number of aryl methyl sites for hydroxylation is 1. The SMILES string of the molecule is CC1CC2CCCCC2N1C(=O)CCCc1ccc2c(c1)CC(=O)N2. The summed E-state index contributed by atoms with van der Waals surface area (Å²) in [5, 5.41) is 2.87. The van der Waals surface area contributed by atoms with Crippen molar-refractivity contribution < 1.29 is 9.59 Å². The molecular formula is C21H28N2O2. The molecule has 1 aromatic carbocycles. The molecule has 1 saturated carbocycles. The van der Waals surface area contributed by atoms with Crippen molar-refractivity contribution in [3.05, 3.63) is 29.3 Å². The van der Waals surface area contributed by atoms with Gasteiger partial charge in [-0.15, -0.1) is 0 Å². The van der Waals surface area contributed by atoms with Gasteiger partial charge in [0.1, 0.15) is 0 Å². The molecule has 0 spiro atoms. The van der Waals surface area contributed by atoms with Crippen LogP contribution in [0.3, 0.4) is 0 Å². The zero-order chi connectivity index (χ0) is 17.4. The summed E-state index contributed by atoms with van der Waals surface area (Å²) in [5.74, 6) is 1.17. The third-order valence-electron chi connectivity index (χ3n) is 6.28. The summed E-state index contributed by atoms with van der Waals surface area (Å²) in [6.07, 6.45) is 9.24. The summed E-state index contributed by atoms with van der Waals surface area (Å²) < 4.78 is 0. The van der Waals surface area contributed by atoms with Crippen molar-refractivity contribution in [2.75, 3.05) is 5.32 Å². The van der Waals surface area contributed by atoms with Gasteiger partial charge in [0.15, 0.2) is 0 Å². The monoisotopic (exact) mass is 340 g/mol. The number of likely N-dealkylation sites (tertiary alicyclic amines) is 1. The molecule has 2 fully saturated rings. The predicted octanol–water partition coefficient (Wildman–Crippen LogP) is 3.68. The van der Waals surface area contributed by atoms with E-state index in [2.05, 4.69) is 29.3 Å². The van der Waals surface area contributed by atoms with Gasteiger partial charge in [-0.05, 0) is 62.1 Å². The second kappa shape index (κ2) is 6.81. The minimum Gasteiger partial charge on any atom is -0.337 e. The molecule has 3 unspecified atom stereocenters. The molecule has 3 aliphatic rings. The second-order valence-electron chi connectivity index (χ2n) is 8.07. The topological polar surface area (TPSA) is 49.4 Å². The third-order valence-corrected chi connectivity index (χ3v) is 6.28. The summed E-state index contributed by atoms with van der Waals surface area (Å²) in [6.45, 7) is 2.22. The molecule has 1 aromatic rings. The molecular weight excluding hydrogens is 312 g/mol. The van der Waals surface area contributed by atoms with Crippen molar-refractivity contribution in [1.29, 1.82) is 0 Å². The molecule has 2 heterocycles. The molecule has 134 valence electrons. The average molecular weight is 340 g/mol. The summed E-state index contributed by atoms with van der Waals surface area (Å²) in [6, 6.07) is 7.11. The first kappa shape index (κ1) is 16.6. The number of nitrogens with zero attached hydrogens (tertiary/aromatic N) is 1. The van der Waals surface area contributed by atoms with Gasteiger partial charge in [-0.3, -0.25) is 9.59 Å². The summed E-state index contributed by atoms with van der Waals surface area (Å²) in [5.41, 5.74) is 3.26. The van der Waals surface area contributed by atoms with Crippen LogP contribution in [0.15, 0.2) is 18.2 Å². The molecule has 1 N–H and O–H groups in total. The second-order valence-corrected chi connectivity index (χ2v) is 8.07. The van der Waals surface area contributed by atoms with Gasteiger partial charge in [-0.2, -0.15) is 0 Å². The van der Waals surface area contributed by atoms with Gasteiger partial charge in [0.05, 0.1) is 6.42 Å². The van der Waals surface area contributed by atoms with Crippen LogP contribution >= 0.6 is 0 Å². The first-order chi connectivity index (χ1) is 12.1. The van der Waals surface area contributed by atoms with Crippen molar-refractivity contribution in [3.8, 4) is 0 Å². The molecule has 4 heteroatoms. The van der Waals surface area contributed by atoms with E-state index in [0.717, 1.165) is 30.0 Å². The van der Waals surface area contributed by atoms with E-state index < -0.39 is 0 Å². The quantitative estimate of drug-likeness (QED) is 0.909. The molecule has 4 rings (SSSR count). The number of nitrogens with one attached hydrogen (secondary N) is 1. The Morgan fingerprint density at radius 1 is 1.28 bits per heavy atom. The van der Waals surface area contributed by atoms with E-state index >= 15 is 0 Å². The Labute approximate surface area is 150 Å². The van der Waals surface area contributed by atoms with Crippen LogP contribution in [0.1, 0.15) is 63.0 Å². The lowest BCUT2D eigenvalue weighted by molar-refractivity contribution is -0.134. The highest BCUT2D eigenvalue weighted by molar-refractivity contribution is 5.99. The fourth-order valence-electron chi connectivity index (χ4n) is 5.15. The maximum Gasteiger partial charge on any atom is 0.228 e. The van der Waals surface area contributed by atoms with Gasteiger partial charge in [-0.25, -0.2) is 0 Å². The van der Waals surface area contributed by atoms with E-state index in [4.69, 9.17) is 0 Å². The minimum atomic E-state index is 0.0763. The number of benzene rings is 1. The van der Waals surface area contributed by atoms with Gasteiger partial charge in [0.2, 0.25) is 11.8 Å². The van der Waals surface area contributed by atoms with Crippen molar-refractivity contribution in [2.45, 2.75) is 76.8 Å². The van der Waals surface area contributed by atoms with Gasteiger partial charge in [-0.1, -0.05) is 25.0 Å². The maximum absolute atomic E-state index is 12.8. The molecule has 4 nitrogen and oxygen atoms in total. The molecule has 0 aromatic heterocycles. The zero-order valence-electron chi connectivity index (χ0n) is 15.1. The minimum absolute atomic E-state index is 0.0763.